The second-order valence-electron chi connectivity index (χ2n) is 6.68. The molecule has 28 heavy (non-hydrogen) atoms. The topological polar surface area (TPSA) is 72.2 Å². The zero-order valence-electron chi connectivity index (χ0n) is 15.7. The summed E-state index contributed by atoms with van der Waals surface area (Å²) >= 11 is 5.10. The molecule has 0 aliphatic carbocycles. The molecule has 3 heterocycles. The third-order valence-corrected chi connectivity index (χ3v) is 6.15. The second kappa shape index (κ2) is 7.97. The van der Waals surface area contributed by atoms with Crippen LogP contribution in [-0.2, 0) is 17.6 Å². The molecule has 4 rings (SSSR count). The number of halogens is 1. The quantitative estimate of drug-likeness (QED) is 0.474. The molecule has 3 aromatic heterocycles. The summed E-state index contributed by atoms with van der Waals surface area (Å²) in [7, 11) is 0. The van der Waals surface area contributed by atoms with Crippen LogP contribution in [0.15, 0.2) is 34.2 Å². The second-order valence-corrected chi connectivity index (χ2v) is 8.58. The number of aromatic nitrogens is 4. The summed E-state index contributed by atoms with van der Waals surface area (Å²) in [6.45, 7) is 4.65. The van der Waals surface area contributed by atoms with Crippen molar-refractivity contribution in [3.05, 3.63) is 56.2 Å². The number of nitrogens with zero attached hydrogens (tertiary/aromatic N) is 4. The number of hydrogen-bond acceptors (Lipinski definition) is 5. The average molecular weight is 458 g/mol. The minimum atomic E-state index is 0.0463. The van der Waals surface area contributed by atoms with Crippen molar-refractivity contribution in [3.8, 4) is 0 Å². The molecule has 0 atom stereocenters. The van der Waals surface area contributed by atoms with Gasteiger partial charge < -0.3 is 5.32 Å². The minimum Gasteiger partial charge on any atom is -0.356 e. The summed E-state index contributed by atoms with van der Waals surface area (Å²) in [6.07, 6.45) is 3.63. The Kier molecular flexibility index (Phi) is 5.41. The Hall–Kier alpha value is -2.32. The van der Waals surface area contributed by atoms with Crippen molar-refractivity contribution < 1.29 is 4.79 Å². The van der Waals surface area contributed by atoms with Gasteiger partial charge in [-0.3, -0.25) is 4.79 Å². The lowest BCUT2D eigenvalue weighted by Gasteiger charge is -2.11. The highest BCUT2D eigenvalue weighted by atomic mass is 79.9. The van der Waals surface area contributed by atoms with Crippen molar-refractivity contribution >= 4 is 49.7 Å². The third-order valence-electron chi connectivity index (χ3n) is 4.82. The third kappa shape index (κ3) is 3.79. The summed E-state index contributed by atoms with van der Waals surface area (Å²) in [4.78, 5) is 21.2. The van der Waals surface area contributed by atoms with Gasteiger partial charge in [0.15, 0.2) is 5.65 Å². The first-order chi connectivity index (χ1) is 13.5. The van der Waals surface area contributed by atoms with Crippen molar-refractivity contribution in [1.82, 2.24) is 24.9 Å². The zero-order chi connectivity index (χ0) is 19.7. The van der Waals surface area contributed by atoms with E-state index in [9.17, 15) is 4.79 Å². The fourth-order valence-electron chi connectivity index (χ4n) is 3.38. The first-order valence-corrected chi connectivity index (χ1v) is 10.8. The van der Waals surface area contributed by atoms with E-state index < -0.39 is 0 Å². The molecule has 0 aliphatic rings. The maximum Gasteiger partial charge on any atom is 0.220 e. The first-order valence-electron chi connectivity index (χ1n) is 9.12. The molecule has 0 saturated carbocycles. The Morgan fingerprint density at radius 2 is 2.14 bits per heavy atom. The van der Waals surface area contributed by atoms with E-state index in [1.807, 2.05) is 41.9 Å². The van der Waals surface area contributed by atoms with Gasteiger partial charge in [-0.05, 0) is 44.0 Å². The SMILES string of the molecule is Cc1nc2c3ccc(Br)cc3nn2c(C)c1CCC(=O)NCCc1nccs1. The van der Waals surface area contributed by atoms with E-state index in [0.717, 1.165) is 49.4 Å². The molecule has 1 N–H and O–H groups in total. The van der Waals surface area contributed by atoms with E-state index in [0.29, 0.717) is 19.4 Å². The minimum absolute atomic E-state index is 0.0463. The van der Waals surface area contributed by atoms with Crippen LogP contribution >= 0.6 is 27.3 Å². The Bertz CT molecular complexity index is 1150. The van der Waals surface area contributed by atoms with Gasteiger partial charge in [-0.15, -0.1) is 11.3 Å². The molecule has 0 bridgehead atoms. The van der Waals surface area contributed by atoms with Gasteiger partial charge in [0, 0.05) is 52.2 Å². The Morgan fingerprint density at radius 1 is 1.29 bits per heavy atom. The lowest BCUT2D eigenvalue weighted by atomic mass is 10.1. The Labute approximate surface area is 175 Å². The van der Waals surface area contributed by atoms with Gasteiger partial charge in [-0.2, -0.15) is 5.10 Å². The number of amides is 1. The summed E-state index contributed by atoms with van der Waals surface area (Å²) < 4.78 is 2.88. The van der Waals surface area contributed by atoms with Crippen molar-refractivity contribution in [1.29, 1.82) is 0 Å². The van der Waals surface area contributed by atoms with Crippen molar-refractivity contribution in [2.24, 2.45) is 0 Å². The summed E-state index contributed by atoms with van der Waals surface area (Å²) in [5.41, 5.74) is 4.82. The summed E-state index contributed by atoms with van der Waals surface area (Å²) in [5, 5.41) is 11.7. The fraction of sp³-hybridized carbons (Fsp3) is 0.300. The van der Waals surface area contributed by atoms with Crippen LogP contribution in [0.4, 0.5) is 0 Å². The lowest BCUT2D eigenvalue weighted by molar-refractivity contribution is -0.121. The normalized spacial score (nSPS) is 11.4. The molecule has 0 radical (unpaired) electrons. The van der Waals surface area contributed by atoms with E-state index in [2.05, 4.69) is 26.2 Å². The molecule has 4 aromatic rings. The molecule has 0 fully saturated rings. The highest BCUT2D eigenvalue weighted by molar-refractivity contribution is 9.10. The average Bonchev–Trinajstić information content (AvgIpc) is 3.29. The number of carbonyl (C=O) groups is 1. The standard InChI is InChI=1S/C20H20BrN5OS/c1-12-15(5-6-18(27)22-8-7-19-23-9-10-28-19)13(2)26-20(24-12)16-4-3-14(21)11-17(16)25-26/h3-4,9-11H,5-8H2,1-2H3,(H,22,27). The van der Waals surface area contributed by atoms with Crippen LogP contribution in [0.1, 0.15) is 28.4 Å². The van der Waals surface area contributed by atoms with E-state index in [4.69, 9.17) is 10.1 Å². The zero-order valence-corrected chi connectivity index (χ0v) is 18.1. The number of hydrogen-bond donors (Lipinski definition) is 1. The molecule has 1 aromatic carbocycles. The van der Waals surface area contributed by atoms with Crippen LogP contribution in [-0.4, -0.2) is 32.0 Å². The number of nitrogens with one attached hydrogen (secondary N) is 1. The lowest BCUT2D eigenvalue weighted by Crippen LogP contribution is -2.26. The molecular weight excluding hydrogens is 438 g/mol. The predicted molar refractivity (Wildman–Crippen MR) is 115 cm³/mol. The molecule has 0 saturated heterocycles. The summed E-state index contributed by atoms with van der Waals surface area (Å²) in [5.74, 6) is 0.0463. The molecule has 144 valence electrons. The fourth-order valence-corrected chi connectivity index (χ4v) is 4.35. The monoisotopic (exact) mass is 457 g/mol. The molecular formula is C20H20BrN5OS. The van der Waals surface area contributed by atoms with Gasteiger partial charge in [0.2, 0.25) is 5.91 Å². The number of carbonyl (C=O) groups excluding carboxylic acids is 1. The Morgan fingerprint density at radius 3 is 2.93 bits per heavy atom. The number of aryl methyl sites for hydroxylation is 2. The maximum atomic E-state index is 12.2. The Balaban J connectivity index is 1.48. The number of fused-ring (bicyclic) bond motifs is 3. The number of thiazole rings is 1. The highest BCUT2D eigenvalue weighted by Crippen LogP contribution is 2.25. The van der Waals surface area contributed by atoms with Gasteiger partial charge in [-0.25, -0.2) is 14.5 Å². The molecule has 8 heteroatoms. The van der Waals surface area contributed by atoms with Crippen LogP contribution in [0.2, 0.25) is 0 Å². The van der Waals surface area contributed by atoms with E-state index in [1.54, 1.807) is 17.5 Å². The van der Waals surface area contributed by atoms with Gasteiger partial charge in [-0.1, -0.05) is 15.9 Å². The van der Waals surface area contributed by atoms with Crippen LogP contribution in [0.3, 0.4) is 0 Å². The smallest absolute Gasteiger partial charge is 0.220 e. The van der Waals surface area contributed by atoms with Crippen molar-refractivity contribution in [3.63, 3.8) is 0 Å². The maximum absolute atomic E-state index is 12.2. The van der Waals surface area contributed by atoms with E-state index in [-0.39, 0.29) is 5.91 Å². The van der Waals surface area contributed by atoms with Gasteiger partial charge in [0.1, 0.15) is 0 Å². The molecule has 0 aliphatic heterocycles. The van der Waals surface area contributed by atoms with Crippen molar-refractivity contribution in [2.75, 3.05) is 6.54 Å². The van der Waals surface area contributed by atoms with Gasteiger partial charge in [0.25, 0.3) is 0 Å². The summed E-state index contributed by atoms with van der Waals surface area (Å²) in [6, 6.07) is 6.03. The number of rotatable bonds is 6. The van der Waals surface area contributed by atoms with Gasteiger partial charge >= 0.3 is 0 Å². The molecule has 0 spiro atoms. The van der Waals surface area contributed by atoms with E-state index in [1.165, 1.54) is 0 Å². The van der Waals surface area contributed by atoms with Crippen LogP contribution in [0, 0.1) is 13.8 Å². The van der Waals surface area contributed by atoms with Crippen LogP contribution < -0.4 is 5.32 Å². The van der Waals surface area contributed by atoms with Crippen LogP contribution in [0.25, 0.3) is 16.6 Å². The molecule has 0 unspecified atom stereocenters. The van der Waals surface area contributed by atoms with Crippen LogP contribution in [0.5, 0.6) is 0 Å². The first kappa shape index (κ1) is 19.0. The molecule has 6 nitrogen and oxygen atoms in total. The predicted octanol–water partition coefficient (Wildman–Crippen LogP) is 4.01. The van der Waals surface area contributed by atoms with E-state index >= 15 is 0 Å². The van der Waals surface area contributed by atoms with Crippen molar-refractivity contribution in [2.45, 2.75) is 33.1 Å². The van der Waals surface area contributed by atoms with Gasteiger partial charge in [0.05, 0.1) is 10.5 Å². The highest BCUT2D eigenvalue weighted by Gasteiger charge is 2.15. The largest absolute Gasteiger partial charge is 0.356 e. The molecule has 1 amide bonds. The number of benzene rings is 1.